The van der Waals surface area contributed by atoms with E-state index in [1.54, 1.807) is 0 Å². The molecule has 0 unspecified atom stereocenters. The molecule has 0 radical (unpaired) electrons. The Bertz CT molecular complexity index is 183. The highest BCUT2D eigenvalue weighted by Gasteiger charge is 2.45. The molecule has 0 aromatic carbocycles. The SMILES string of the molecule is CC.CC(C)N1CC2(CCCN(C)C2)C1. The van der Waals surface area contributed by atoms with Gasteiger partial charge in [-0.25, -0.2) is 0 Å². The molecule has 0 aromatic rings. The molecule has 0 N–H and O–H groups in total. The monoisotopic (exact) mass is 212 g/mol. The van der Waals surface area contributed by atoms with Crippen LogP contribution in [-0.2, 0) is 0 Å². The first-order valence-corrected chi connectivity index (χ1v) is 6.54. The van der Waals surface area contributed by atoms with Crippen LogP contribution in [0.25, 0.3) is 0 Å². The van der Waals surface area contributed by atoms with Gasteiger partial charge in [-0.15, -0.1) is 0 Å². The summed E-state index contributed by atoms with van der Waals surface area (Å²) >= 11 is 0. The van der Waals surface area contributed by atoms with E-state index in [0.29, 0.717) is 5.41 Å². The minimum absolute atomic E-state index is 0.678. The van der Waals surface area contributed by atoms with E-state index in [2.05, 4.69) is 30.7 Å². The lowest BCUT2D eigenvalue weighted by atomic mass is 9.73. The van der Waals surface area contributed by atoms with Gasteiger partial charge in [0.05, 0.1) is 0 Å². The van der Waals surface area contributed by atoms with Crippen molar-refractivity contribution in [1.29, 1.82) is 0 Å². The molecule has 2 heterocycles. The van der Waals surface area contributed by atoms with Crippen molar-refractivity contribution in [3.63, 3.8) is 0 Å². The Morgan fingerprint density at radius 3 is 2.13 bits per heavy atom. The summed E-state index contributed by atoms with van der Waals surface area (Å²) in [4.78, 5) is 5.10. The molecule has 2 fully saturated rings. The zero-order valence-electron chi connectivity index (χ0n) is 11.2. The molecule has 0 aromatic heterocycles. The first kappa shape index (κ1) is 13.0. The summed E-state index contributed by atoms with van der Waals surface area (Å²) in [6.45, 7) is 13.9. The first-order chi connectivity index (χ1) is 7.11. The topological polar surface area (TPSA) is 6.48 Å². The molecule has 0 saturated carbocycles. The summed E-state index contributed by atoms with van der Waals surface area (Å²) in [6, 6.07) is 0.748. The number of rotatable bonds is 1. The lowest BCUT2D eigenvalue weighted by Gasteiger charge is -2.55. The molecule has 2 aliphatic rings. The number of likely N-dealkylation sites (tertiary alicyclic amines) is 2. The van der Waals surface area contributed by atoms with Gasteiger partial charge in [0.25, 0.3) is 0 Å². The summed E-state index contributed by atoms with van der Waals surface area (Å²) in [7, 11) is 2.26. The number of hydrogen-bond donors (Lipinski definition) is 0. The van der Waals surface area contributed by atoms with Crippen molar-refractivity contribution in [3.8, 4) is 0 Å². The quantitative estimate of drug-likeness (QED) is 0.659. The molecule has 2 saturated heterocycles. The third-order valence-corrected chi connectivity index (χ3v) is 3.66. The van der Waals surface area contributed by atoms with Crippen molar-refractivity contribution in [2.45, 2.75) is 46.6 Å². The fourth-order valence-electron chi connectivity index (χ4n) is 2.89. The summed E-state index contributed by atoms with van der Waals surface area (Å²) < 4.78 is 0. The third-order valence-electron chi connectivity index (χ3n) is 3.66. The molecule has 2 nitrogen and oxygen atoms in total. The van der Waals surface area contributed by atoms with Gasteiger partial charge in [-0.1, -0.05) is 13.8 Å². The molecule has 0 bridgehead atoms. The standard InChI is InChI=1S/C11H22N2.C2H6/c1-10(2)13-8-11(9-13)5-4-6-12(3)7-11;1-2/h10H,4-9H2,1-3H3;1-2H3. The smallest absolute Gasteiger partial charge is 0.00853 e. The predicted molar refractivity (Wildman–Crippen MR) is 67.2 cm³/mol. The molecule has 2 rings (SSSR count). The molecule has 0 amide bonds. The summed E-state index contributed by atoms with van der Waals surface area (Å²) in [5.41, 5.74) is 0.678. The number of hydrogen-bond acceptors (Lipinski definition) is 2. The van der Waals surface area contributed by atoms with Crippen molar-refractivity contribution in [1.82, 2.24) is 9.80 Å². The Hall–Kier alpha value is -0.0800. The van der Waals surface area contributed by atoms with Crippen LogP contribution in [0.4, 0.5) is 0 Å². The van der Waals surface area contributed by atoms with Crippen LogP contribution < -0.4 is 0 Å². The Morgan fingerprint density at radius 2 is 1.67 bits per heavy atom. The van der Waals surface area contributed by atoms with Gasteiger partial charge in [-0.05, 0) is 40.3 Å². The fourth-order valence-corrected chi connectivity index (χ4v) is 2.89. The van der Waals surface area contributed by atoms with Crippen LogP contribution in [0.2, 0.25) is 0 Å². The van der Waals surface area contributed by atoms with Crippen molar-refractivity contribution in [3.05, 3.63) is 0 Å². The van der Waals surface area contributed by atoms with E-state index in [1.807, 2.05) is 13.8 Å². The number of nitrogens with zero attached hydrogens (tertiary/aromatic N) is 2. The van der Waals surface area contributed by atoms with Crippen LogP contribution in [0.1, 0.15) is 40.5 Å². The lowest BCUT2D eigenvalue weighted by molar-refractivity contribution is -0.0638. The number of piperidine rings is 1. The molecular weight excluding hydrogens is 184 g/mol. The van der Waals surface area contributed by atoms with E-state index < -0.39 is 0 Å². The molecule has 90 valence electrons. The van der Waals surface area contributed by atoms with Crippen LogP contribution >= 0.6 is 0 Å². The van der Waals surface area contributed by atoms with Crippen LogP contribution in [0.3, 0.4) is 0 Å². The Kier molecular flexibility index (Phi) is 4.60. The van der Waals surface area contributed by atoms with Crippen molar-refractivity contribution in [2.75, 3.05) is 33.2 Å². The molecule has 2 heteroatoms. The molecule has 15 heavy (non-hydrogen) atoms. The average molecular weight is 212 g/mol. The van der Waals surface area contributed by atoms with Crippen molar-refractivity contribution >= 4 is 0 Å². The summed E-state index contributed by atoms with van der Waals surface area (Å²) in [6.07, 6.45) is 2.86. The van der Waals surface area contributed by atoms with E-state index in [-0.39, 0.29) is 0 Å². The van der Waals surface area contributed by atoms with Crippen molar-refractivity contribution < 1.29 is 0 Å². The van der Waals surface area contributed by atoms with Gasteiger partial charge in [-0.3, -0.25) is 4.90 Å². The second-order valence-corrected chi connectivity index (χ2v) is 5.34. The van der Waals surface area contributed by atoms with Gasteiger partial charge in [-0.2, -0.15) is 0 Å². The largest absolute Gasteiger partial charge is 0.306 e. The maximum atomic E-state index is 2.60. The van der Waals surface area contributed by atoms with Gasteiger partial charge in [0.15, 0.2) is 0 Å². The second-order valence-electron chi connectivity index (χ2n) is 5.34. The third kappa shape index (κ3) is 2.94. The van der Waals surface area contributed by atoms with E-state index in [4.69, 9.17) is 0 Å². The maximum absolute atomic E-state index is 2.60. The molecule has 2 aliphatic heterocycles. The van der Waals surface area contributed by atoms with E-state index in [9.17, 15) is 0 Å². The lowest BCUT2D eigenvalue weighted by Crippen LogP contribution is -2.63. The second kappa shape index (κ2) is 5.31. The van der Waals surface area contributed by atoms with E-state index >= 15 is 0 Å². The van der Waals surface area contributed by atoms with Gasteiger partial charge in [0.2, 0.25) is 0 Å². The highest BCUT2D eigenvalue weighted by atomic mass is 15.3. The normalized spacial score (nSPS) is 26.0. The zero-order valence-corrected chi connectivity index (χ0v) is 11.2. The van der Waals surface area contributed by atoms with Crippen LogP contribution in [0.15, 0.2) is 0 Å². The van der Waals surface area contributed by atoms with E-state index in [0.717, 1.165) is 6.04 Å². The molecular formula is C13H28N2. The highest BCUT2D eigenvalue weighted by Crippen LogP contribution is 2.39. The van der Waals surface area contributed by atoms with E-state index in [1.165, 1.54) is 39.0 Å². The van der Waals surface area contributed by atoms with Gasteiger partial charge in [0.1, 0.15) is 0 Å². The molecule has 0 aliphatic carbocycles. The van der Waals surface area contributed by atoms with Crippen molar-refractivity contribution in [2.24, 2.45) is 5.41 Å². The molecule has 1 spiro atoms. The maximum Gasteiger partial charge on any atom is 0.00853 e. The summed E-state index contributed by atoms with van der Waals surface area (Å²) in [5, 5.41) is 0. The molecule has 0 atom stereocenters. The van der Waals surface area contributed by atoms with Gasteiger partial charge < -0.3 is 4.90 Å². The Morgan fingerprint density at radius 1 is 1.07 bits per heavy atom. The Balaban J connectivity index is 0.000000531. The van der Waals surface area contributed by atoms with Crippen LogP contribution in [0, 0.1) is 5.41 Å². The van der Waals surface area contributed by atoms with Crippen LogP contribution in [0.5, 0.6) is 0 Å². The predicted octanol–water partition coefficient (Wildman–Crippen LogP) is 2.45. The Labute approximate surface area is 95.6 Å². The van der Waals surface area contributed by atoms with Gasteiger partial charge >= 0.3 is 0 Å². The summed E-state index contributed by atoms with van der Waals surface area (Å²) in [5.74, 6) is 0. The average Bonchev–Trinajstić information content (AvgIpc) is 2.17. The van der Waals surface area contributed by atoms with Gasteiger partial charge in [0, 0.05) is 31.1 Å². The minimum Gasteiger partial charge on any atom is -0.306 e. The zero-order chi connectivity index (χ0) is 11.5. The first-order valence-electron chi connectivity index (χ1n) is 6.54. The fraction of sp³-hybridized carbons (Fsp3) is 1.00. The highest BCUT2D eigenvalue weighted by molar-refractivity contribution is 4.99. The van der Waals surface area contributed by atoms with Crippen LogP contribution in [-0.4, -0.2) is 49.1 Å². The minimum atomic E-state index is 0.678.